The van der Waals surface area contributed by atoms with Gasteiger partial charge in [0.25, 0.3) is 0 Å². The van der Waals surface area contributed by atoms with Crippen molar-refractivity contribution in [2.45, 2.75) is 45.2 Å². The summed E-state index contributed by atoms with van der Waals surface area (Å²) < 4.78 is 25.7. The summed E-state index contributed by atoms with van der Waals surface area (Å²) in [6.45, 7) is 3.78. The number of sulfonamides is 1. The maximum absolute atomic E-state index is 11.3. The SMILES string of the molecule is CC[N+]1(Cc2ccc(NS(C)(=O)=O)cc2)C=C(N[C@H]2C[C@H]3CC[C@@H]2C3)C=N1. The van der Waals surface area contributed by atoms with Crippen LogP contribution in [0.3, 0.4) is 0 Å². The van der Waals surface area contributed by atoms with Crippen LogP contribution in [0.5, 0.6) is 0 Å². The third-order valence-corrected chi connectivity index (χ3v) is 6.76. The van der Waals surface area contributed by atoms with Gasteiger partial charge >= 0.3 is 0 Å². The van der Waals surface area contributed by atoms with Crippen LogP contribution in [0, 0.1) is 11.8 Å². The Hall–Kier alpha value is -1.86. The Balaban J connectivity index is 1.42. The van der Waals surface area contributed by atoms with Gasteiger partial charge in [0.05, 0.1) is 6.26 Å². The lowest BCUT2D eigenvalue weighted by atomic mass is 9.95. The Kier molecular flexibility index (Phi) is 4.76. The number of hydrogen-bond donors (Lipinski definition) is 2. The summed E-state index contributed by atoms with van der Waals surface area (Å²) in [5, 5.41) is 8.53. The van der Waals surface area contributed by atoms with Crippen molar-refractivity contribution in [2.24, 2.45) is 16.9 Å². The standard InChI is InChI=1S/C20H29N4O2S/c1-3-24(13-15-5-8-18(9-6-15)23-27(2,25)26)14-19(12-21-24)22-20-11-16-4-7-17(20)10-16/h5-6,8-9,12,14,16-17,20,22-23H,3-4,7,10-11,13H2,1-2H3/q+1/t16-,17+,20-,24?/m0/s1. The highest BCUT2D eigenvalue weighted by Gasteiger charge is 2.40. The van der Waals surface area contributed by atoms with E-state index in [0.717, 1.165) is 42.4 Å². The van der Waals surface area contributed by atoms with Gasteiger partial charge < -0.3 is 5.32 Å². The summed E-state index contributed by atoms with van der Waals surface area (Å²) >= 11 is 0. The van der Waals surface area contributed by atoms with E-state index >= 15 is 0 Å². The maximum Gasteiger partial charge on any atom is 0.229 e. The third-order valence-electron chi connectivity index (χ3n) is 6.16. The van der Waals surface area contributed by atoms with Crippen LogP contribution in [-0.4, -0.2) is 38.1 Å². The van der Waals surface area contributed by atoms with Gasteiger partial charge in [-0.05, 0) is 50.2 Å². The van der Waals surface area contributed by atoms with Crippen LogP contribution in [0.15, 0.2) is 41.3 Å². The Labute approximate surface area is 162 Å². The Morgan fingerprint density at radius 3 is 2.56 bits per heavy atom. The van der Waals surface area contributed by atoms with E-state index in [0.29, 0.717) is 16.3 Å². The maximum atomic E-state index is 11.3. The molecule has 2 N–H and O–H groups in total. The molecule has 146 valence electrons. The lowest BCUT2D eigenvalue weighted by Crippen LogP contribution is -2.36. The van der Waals surface area contributed by atoms with E-state index in [1.165, 1.54) is 25.7 Å². The van der Waals surface area contributed by atoms with Crippen molar-refractivity contribution in [2.75, 3.05) is 17.5 Å². The summed E-state index contributed by atoms with van der Waals surface area (Å²) in [5.41, 5.74) is 2.86. The zero-order valence-electron chi connectivity index (χ0n) is 16.1. The predicted octanol–water partition coefficient (Wildman–Crippen LogP) is 3.01. The first kappa shape index (κ1) is 18.5. The van der Waals surface area contributed by atoms with E-state index < -0.39 is 10.0 Å². The van der Waals surface area contributed by atoms with Gasteiger partial charge in [-0.1, -0.05) is 23.7 Å². The Morgan fingerprint density at radius 2 is 1.96 bits per heavy atom. The highest BCUT2D eigenvalue weighted by Crippen LogP contribution is 2.44. The molecule has 3 aliphatic rings. The number of benzene rings is 1. The van der Waals surface area contributed by atoms with Crippen LogP contribution in [-0.2, 0) is 16.6 Å². The molecule has 0 saturated heterocycles. The largest absolute Gasteiger partial charge is 0.376 e. The van der Waals surface area contributed by atoms with Gasteiger partial charge in [0.2, 0.25) is 10.0 Å². The van der Waals surface area contributed by atoms with E-state index in [9.17, 15) is 8.42 Å². The van der Waals surface area contributed by atoms with Gasteiger partial charge in [-0.2, -0.15) is 4.59 Å². The van der Waals surface area contributed by atoms with E-state index in [-0.39, 0.29) is 0 Å². The molecule has 2 bridgehead atoms. The molecule has 7 heteroatoms. The fourth-order valence-electron chi connectivity index (χ4n) is 4.79. The number of rotatable bonds is 7. The first-order valence-electron chi connectivity index (χ1n) is 9.83. The van der Waals surface area contributed by atoms with Gasteiger partial charge in [-0.25, -0.2) is 8.42 Å². The van der Waals surface area contributed by atoms with E-state index in [4.69, 9.17) is 5.10 Å². The van der Waals surface area contributed by atoms with Crippen molar-refractivity contribution >= 4 is 21.9 Å². The number of hydrogen-bond acceptors (Lipinski definition) is 4. The van der Waals surface area contributed by atoms with Crippen molar-refractivity contribution in [3.05, 3.63) is 41.7 Å². The normalized spacial score (nSPS) is 31.9. The second-order valence-electron chi connectivity index (χ2n) is 8.29. The number of nitrogens with one attached hydrogen (secondary N) is 2. The van der Waals surface area contributed by atoms with Gasteiger partial charge in [0, 0.05) is 17.3 Å². The summed E-state index contributed by atoms with van der Waals surface area (Å²) in [6.07, 6.45) is 10.8. The van der Waals surface area contributed by atoms with Gasteiger partial charge in [0.15, 0.2) is 0 Å². The molecular weight excluding hydrogens is 360 g/mol. The molecule has 0 radical (unpaired) electrons. The van der Waals surface area contributed by atoms with Crippen molar-refractivity contribution in [3.8, 4) is 0 Å². The minimum absolute atomic E-state index is 0.544. The second kappa shape index (κ2) is 6.95. The summed E-state index contributed by atoms with van der Waals surface area (Å²) in [7, 11) is -3.25. The lowest BCUT2D eigenvalue weighted by molar-refractivity contribution is -0.895. The van der Waals surface area contributed by atoms with Crippen LogP contribution in [0.2, 0.25) is 0 Å². The van der Waals surface area contributed by atoms with Crippen LogP contribution in [0.25, 0.3) is 0 Å². The molecule has 4 atom stereocenters. The molecule has 1 heterocycles. The van der Waals surface area contributed by atoms with E-state index in [1.807, 2.05) is 18.3 Å². The van der Waals surface area contributed by atoms with Crippen molar-refractivity contribution in [1.29, 1.82) is 0 Å². The number of fused-ring (bicyclic) bond motifs is 2. The molecule has 0 aromatic heterocycles. The molecule has 1 unspecified atom stereocenters. The van der Waals surface area contributed by atoms with Crippen molar-refractivity contribution < 1.29 is 13.0 Å². The molecule has 2 aliphatic carbocycles. The molecule has 2 fully saturated rings. The first-order valence-corrected chi connectivity index (χ1v) is 11.7. The average Bonchev–Trinajstić information content (AvgIpc) is 3.32. The zero-order valence-corrected chi connectivity index (χ0v) is 16.9. The molecule has 0 spiro atoms. The number of nitrogens with zero attached hydrogens (tertiary/aromatic N) is 2. The number of anilines is 1. The Bertz CT molecular complexity index is 862. The minimum Gasteiger partial charge on any atom is -0.376 e. The lowest BCUT2D eigenvalue weighted by Gasteiger charge is -2.25. The fraction of sp³-hybridized carbons (Fsp3) is 0.550. The van der Waals surface area contributed by atoms with E-state index in [1.54, 1.807) is 12.1 Å². The van der Waals surface area contributed by atoms with Crippen LogP contribution in [0.1, 0.15) is 38.2 Å². The van der Waals surface area contributed by atoms with Gasteiger partial charge in [0.1, 0.15) is 31.2 Å². The molecule has 27 heavy (non-hydrogen) atoms. The minimum atomic E-state index is -3.25. The first-order chi connectivity index (χ1) is 12.8. The molecular formula is C20H29N4O2S+. The smallest absolute Gasteiger partial charge is 0.229 e. The molecule has 4 rings (SSSR count). The topological polar surface area (TPSA) is 70.6 Å². The highest BCUT2D eigenvalue weighted by molar-refractivity contribution is 7.92. The molecule has 1 aromatic rings. The summed E-state index contributed by atoms with van der Waals surface area (Å²) in [6, 6.07) is 8.16. The van der Waals surface area contributed by atoms with Gasteiger partial charge in [-0.15, -0.1) is 0 Å². The second-order valence-corrected chi connectivity index (χ2v) is 10.0. The quantitative estimate of drug-likeness (QED) is 0.704. The van der Waals surface area contributed by atoms with E-state index in [2.05, 4.69) is 23.2 Å². The predicted molar refractivity (Wildman–Crippen MR) is 108 cm³/mol. The molecule has 0 amide bonds. The average molecular weight is 390 g/mol. The van der Waals surface area contributed by atoms with Crippen LogP contribution in [0.4, 0.5) is 5.69 Å². The van der Waals surface area contributed by atoms with Crippen LogP contribution < -0.4 is 10.0 Å². The van der Waals surface area contributed by atoms with Crippen molar-refractivity contribution in [3.63, 3.8) is 0 Å². The number of quaternary nitrogens is 1. The molecule has 6 nitrogen and oxygen atoms in total. The van der Waals surface area contributed by atoms with Crippen LogP contribution >= 0.6 is 0 Å². The highest BCUT2D eigenvalue weighted by atomic mass is 32.2. The molecule has 1 aliphatic heterocycles. The number of allylic oxidation sites excluding steroid dienone is 1. The zero-order chi connectivity index (χ0) is 19.1. The summed E-state index contributed by atoms with van der Waals surface area (Å²) in [4.78, 5) is 0. The Morgan fingerprint density at radius 1 is 1.19 bits per heavy atom. The summed E-state index contributed by atoms with van der Waals surface area (Å²) in [5.74, 6) is 1.76. The molecule has 2 saturated carbocycles. The third kappa shape index (κ3) is 4.19. The monoisotopic (exact) mass is 389 g/mol. The van der Waals surface area contributed by atoms with Gasteiger partial charge in [-0.3, -0.25) is 4.72 Å². The molecule has 1 aromatic carbocycles. The van der Waals surface area contributed by atoms with Crippen molar-refractivity contribution in [1.82, 2.24) is 5.32 Å². The fourth-order valence-corrected chi connectivity index (χ4v) is 5.36.